The summed E-state index contributed by atoms with van der Waals surface area (Å²) >= 11 is 1.42. The van der Waals surface area contributed by atoms with E-state index in [9.17, 15) is 9.59 Å². The van der Waals surface area contributed by atoms with Crippen molar-refractivity contribution in [1.82, 2.24) is 4.98 Å². The lowest BCUT2D eigenvalue weighted by Gasteiger charge is -2.00. The minimum atomic E-state index is -0.797. The molecule has 4 aromatic rings. The zero-order valence-corrected chi connectivity index (χ0v) is 13.3. The highest BCUT2D eigenvalue weighted by Crippen LogP contribution is 2.38. The topological polar surface area (TPSA) is 47.0 Å². The molecule has 0 N–H and O–H groups in total. The number of thiazole rings is 1. The number of fused-ring (bicyclic) bond motifs is 3. The minimum Gasteiger partial charge on any atom is -0.293 e. The minimum absolute atomic E-state index is 0.139. The van der Waals surface area contributed by atoms with Gasteiger partial charge in [-0.3, -0.25) is 9.59 Å². The van der Waals surface area contributed by atoms with Gasteiger partial charge in [0.1, 0.15) is 10.9 Å². The molecule has 0 radical (unpaired) electrons. The molecule has 5 rings (SSSR count). The lowest BCUT2D eigenvalue weighted by molar-refractivity contribution is 0.0890. The molecule has 0 unspecified atom stereocenters. The van der Waals surface area contributed by atoms with E-state index in [-0.39, 0.29) is 11.6 Å². The molecule has 4 heteroatoms. The summed E-state index contributed by atoms with van der Waals surface area (Å²) in [6.45, 7) is 0. The molecule has 0 spiro atoms. The van der Waals surface area contributed by atoms with Crippen LogP contribution in [-0.2, 0) is 0 Å². The monoisotopic (exact) mass is 329 g/mol. The quantitative estimate of drug-likeness (QED) is 0.479. The maximum Gasteiger partial charge on any atom is 0.181 e. The highest BCUT2D eigenvalue weighted by atomic mass is 32.1. The number of carbonyl (C=O) groups is 2. The van der Waals surface area contributed by atoms with E-state index >= 15 is 0 Å². The molecule has 0 saturated carbocycles. The maximum absolute atomic E-state index is 12.9. The number of rotatable bonds is 1. The molecular weight excluding hydrogens is 318 g/mol. The van der Waals surface area contributed by atoms with Crippen molar-refractivity contribution in [3.63, 3.8) is 0 Å². The number of para-hydroxylation sites is 1. The summed E-state index contributed by atoms with van der Waals surface area (Å²) in [5.74, 6) is -1.08. The van der Waals surface area contributed by atoms with Crippen molar-refractivity contribution < 1.29 is 9.59 Å². The van der Waals surface area contributed by atoms with Crippen LogP contribution >= 0.6 is 11.3 Å². The molecule has 0 aliphatic heterocycles. The van der Waals surface area contributed by atoms with Gasteiger partial charge in [-0.1, -0.05) is 36.4 Å². The number of hydrogen-bond acceptors (Lipinski definition) is 4. The standard InChI is InChI=1S/C20H11NO2S/c22-18-13-9-11-5-1-2-6-12(11)10-14(13)19(23)17(18)20-21-15-7-3-4-8-16(15)24-20/h1-10,17H. The van der Waals surface area contributed by atoms with Gasteiger partial charge in [-0.15, -0.1) is 11.3 Å². The Hall–Kier alpha value is -2.85. The van der Waals surface area contributed by atoms with Gasteiger partial charge in [0.15, 0.2) is 11.6 Å². The highest BCUT2D eigenvalue weighted by molar-refractivity contribution is 7.18. The van der Waals surface area contributed by atoms with E-state index in [2.05, 4.69) is 4.98 Å². The number of benzene rings is 3. The molecule has 114 valence electrons. The summed E-state index contributed by atoms with van der Waals surface area (Å²) in [4.78, 5) is 30.3. The lowest BCUT2D eigenvalue weighted by atomic mass is 10.0. The van der Waals surface area contributed by atoms with E-state index < -0.39 is 5.92 Å². The summed E-state index contributed by atoms with van der Waals surface area (Å²) in [5.41, 5.74) is 1.87. The van der Waals surface area contributed by atoms with Crippen LogP contribution in [0.25, 0.3) is 21.0 Å². The summed E-state index contributed by atoms with van der Waals surface area (Å²) in [7, 11) is 0. The van der Waals surface area contributed by atoms with Gasteiger partial charge in [0.25, 0.3) is 0 Å². The van der Waals surface area contributed by atoms with Crippen molar-refractivity contribution in [2.75, 3.05) is 0 Å². The first-order valence-corrected chi connectivity index (χ1v) is 8.51. The van der Waals surface area contributed by atoms with E-state index in [0.717, 1.165) is 21.0 Å². The van der Waals surface area contributed by atoms with E-state index in [0.29, 0.717) is 16.1 Å². The zero-order valence-electron chi connectivity index (χ0n) is 12.5. The van der Waals surface area contributed by atoms with Gasteiger partial charge in [-0.2, -0.15) is 0 Å². The lowest BCUT2D eigenvalue weighted by Crippen LogP contribution is -2.12. The average molecular weight is 329 g/mol. The van der Waals surface area contributed by atoms with Crippen LogP contribution in [0.5, 0.6) is 0 Å². The van der Waals surface area contributed by atoms with Gasteiger partial charge in [0.2, 0.25) is 0 Å². The fourth-order valence-corrected chi connectivity index (χ4v) is 4.38. The Bertz CT molecular complexity index is 1070. The third kappa shape index (κ3) is 1.80. The fourth-order valence-electron chi connectivity index (χ4n) is 3.32. The van der Waals surface area contributed by atoms with Gasteiger partial charge >= 0.3 is 0 Å². The van der Waals surface area contributed by atoms with Crippen molar-refractivity contribution in [2.45, 2.75) is 5.92 Å². The Balaban J connectivity index is 1.69. The molecule has 1 aromatic heterocycles. The molecule has 3 aromatic carbocycles. The van der Waals surface area contributed by atoms with E-state index in [1.165, 1.54) is 11.3 Å². The average Bonchev–Trinajstić information content (AvgIpc) is 3.13. The van der Waals surface area contributed by atoms with Crippen LogP contribution in [0.15, 0.2) is 60.7 Å². The van der Waals surface area contributed by atoms with Crippen LogP contribution in [0.1, 0.15) is 31.6 Å². The van der Waals surface area contributed by atoms with Crippen molar-refractivity contribution >= 4 is 43.9 Å². The third-order valence-corrected chi connectivity index (χ3v) is 5.60. The van der Waals surface area contributed by atoms with Crippen molar-refractivity contribution in [2.24, 2.45) is 0 Å². The number of nitrogens with zero attached hydrogens (tertiary/aromatic N) is 1. The third-order valence-electron chi connectivity index (χ3n) is 4.50. The van der Waals surface area contributed by atoms with Crippen molar-refractivity contribution in [3.8, 4) is 0 Å². The number of hydrogen-bond donors (Lipinski definition) is 0. The number of carbonyl (C=O) groups excluding carboxylic acids is 2. The van der Waals surface area contributed by atoms with E-state index in [1.807, 2.05) is 60.7 Å². The summed E-state index contributed by atoms with van der Waals surface area (Å²) in [6.07, 6.45) is 0. The molecule has 3 nitrogen and oxygen atoms in total. The maximum atomic E-state index is 12.9. The van der Waals surface area contributed by atoms with Crippen LogP contribution in [0.4, 0.5) is 0 Å². The first-order valence-electron chi connectivity index (χ1n) is 7.69. The second-order valence-electron chi connectivity index (χ2n) is 5.93. The van der Waals surface area contributed by atoms with Crippen LogP contribution in [0, 0.1) is 0 Å². The van der Waals surface area contributed by atoms with E-state index in [1.54, 1.807) is 0 Å². The van der Waals surface area contributed by atoms with Gasteiger partial charge in [-0.25, -0.2) is 4.98 Å². The van der Waals surface area contributed by atoms with Crippen LogP contribution < -0.4 is 0 Å². The van der Waals surface area contributed by atoms with Gasteiger partial charge in [0.05, 0.1) is 10.2 Å². The molecule has 0 saturated heterocycles. The number of aromatic nitrogens is 1. The van der Waals surface area contributed by atoms with Crippen LogP contribution in [0.2, 0.25) is 0 Å². The van der Waals surface area contributed by atoms with Crippen LogP contribution in [0.3, 0.4) is 0 Å². The molecule has 1 heterocycles. The largest absolute Gasteiger partial charge is 0.293 e. The molecule has 24 heavy (non-hydrogen) atoms. The first kappa shape index (κ1) is 13.6. The van der Waals surface area contributed by atoms with Crippen molar-refractivity contribution in [1.29, 1.82) is 0 Å². The van der Waals surface area contributed by atoms with Gasteiger partial charge < -0.3 is 0 Å². The zero-order chi connectivity index (χ0) is 16.3. The fraction of sp³-hybridized carbons (Fsp3) is 0.0500. The summed E-state index contributed by atoms with van der Waals surface area (Å²) in [5, 5.41) is 2.54. The second-order valence-corrected chi connectivity index (χ2v) is 6.99. The SMILES string of the molecule is O=C1c2cc3ccccc3cc2C(=O)C1c1nc2ccccc2s1. The molecule has 0 atom stereocenters. The Morgan fingerprint density at radius 3 is 2.00 bits per heavy atom. The number of Topliss-reactive ketones (excluding diaryl/α,β-unsaturated/α-hetero) is 2. The molecular formula is C20H11NO2S. The Labute approximate surface area is 141 Å². The summed E-state index contributed by atoms with van der Waals surface area (Å²) in [6, 6.07) is 19.1. The Morgan fingerprint density at radius 1 is 0.792 bits per heavy atom. The number of ketones is 2. The Kier molecular flexibility index (Phi) is 2.73. The normalized spacial score (nSPS) is 14.7. The van der Waals surface area contributed by atoms with Gasteiger partial charge in [-0.05, 0) is 35.0 Å². The first-order chi connectivity index (χ1) is 11.7. The molecule has 0 fully saturated rings. The van der Waals surface area contributed by atoms with E-state index in [4.69, 9.17) is 0 Å². The predicted molar refractivity (Wildman–Crippen MR) is 95.0 cm³/mol. The molecule has 1 aliphatic carbocycles. The summed E-state index contributed by atoms with van der Waals surface area (Å²) < 4.78 is 0.995. The predicted octanol–water partition coefficient (Wildman–Crippen LogP) is 4.61. The van der Waals surface area contributed by atoms with Gasteiger partial charge in [0, 0.05) is 11.1 Å². The second kappa shape index (κ2) is 4.82. The molecule has 0 amide bonds. The van der Waals surface area contributed by atoms with Crippen LogP contribution in [-0.4, -0.2) is 16.6 Å². The Morgan fingerprint density at radius 2 is 1.38 bits per heavy atom. The highest BCUT2D eigenvalue weighted by Gasteiger charge is 2.41. The smallest absolute Gasteiger partial charge is 0.181 e. The van der Waals surface area contributed by atoms with Crippen molar-refractivity contribution in [3.05, 3.63) is 76.8 Å². The molecule has 0 bridgehead atoms. The molecule has 1 aliphatic rings.